The minimum absolute atomic E-state index is 0.0347. The molecule has 35 heavy (non-hydrogen) atoms. The van der Waals surface area contributed by atoms with Gasteiger partial charge in [0.25, 0.3) is 0 Å². The average molecular weight is 490 g/mol. The fourth-order valence-corrected chi connectivity index (χ4v) is 5.67. The number of piperazine rings is 1. The Labute approximate surface area is 207 Å². The molecule has 0 bridgehead atoms. The van der Waals surface area contributed by atoms with Crippen molar-refractivity contribution in [1.29, 1.82) is 0 Å². The number of carbonyl (C=O) groups is 2. The number of carboxylic acids is 1. The van der Waals surface area contributed by atoms with Crippen LogP contribution >= 0.6 is 11.3 Å². The van der Waals surface area contributed by atoms with Gasteiger partial charge in [0.15, 0.2) is 0 Å². The van der Waals surface area contributed by atoms with Crippen molar-refractivity contribution in [3.8, 4) is 28.1 Å². The Morgan fingerprint density at radius 1 is 0.971 bits per heavy atom. The smallest absolute Gasteiger partial charge is 0.345 e. The Morgan fingerprint density at radius 2 is 1.66 bits per heavy atom. The van der Waals surface area contributed by atoms with Crippen LogP contribution < -0.4 is 4.74 Å². The first-order chi connectivity index (χ1) is 17.0. The van der Waals surface area contributed by atoms with E-state index in [1.807, 2.05) is 64.1 Å². The van der Waals surface area contributed by atoms with Crippen molar-refractivity contribution < 1.29 is 19.4 Å². The van der Waals surface area contributed by atoms with Gasteiger partial charge in [-0.1, -0.05) is 30.3 Å². The summed E-state index contributed by atoms with van der Waals surface area (Å²) in [4.78, 5) is 29.7. The van der Waals surface area contributed by atoms with E-state index < -0.39 is 5.97 Å². The number of likely N-dealkylation sites (N-methyl/N-ethyl adjacent to an activating group) is 1. The number of nitrogens with zero attached hydrogens (tertiary/aromatic N) is 3. The van der Waals surface area contributed by atoms with Crippen molar-refractivity contribution in [3.63, 3.8) is 0 Å². The number of carboxylic acid groups (broad SMARTS) is 1. The molecule has 2 aromatic heterocycles. The molecular formula is C27H27N3O4S. The number of methoxy groups -OCH3 is 1. The van der Waals surface area contributed by atoms with Gasteiger partial charge in [0.1, 0.15) is 17.2 Å². The molecule has 0 atom stereocenters. The number of thiophene rings is 1. The minimum Gasteiger partial charge on any atom is -0.497 e. The molecule has 0 aliphatic carbocycles. The van der Waals surface area contributed by atoms with Gasteiger partial charge in [0, 0.05) is 31.7 Å². The normalized spacial score (nSPS) is 14.4. The molecule has 0 spiro atoms. The maximum Gasteiger partial charge on any atom is 0.345 e. The van der Waals surface area contributed by atoms with Crippen LogP contribution in [0, 0.1) is 0 Å². The lowest BCUT2D eigenvalue weighted by Gasteiger charge is -2.32. The second kappa shape index (κ2) is 9.56. The summed E-state index contributed by atoms with van der Waals surface area (Å²) in [5.74, 6) is -0.183. The summed E-state index contributed by atoms with van der Waals surface area (Å²) in [5.41, 5.74) is 4.53. The standard InChI is InChI=1S/C27H27N3O4S/c1-28-12-14-29(15-13-28)23(31)17-30-21-16-22(27(32)33)35-26(21)24(18-6-4-3-5-7-18)25(30)19-8-10-20(34-2)11-9-19/h3-11,16H,12-15,17H2,1-2H3,(H,32,33). The summed E-state index contributed by atoms with van der Waals surface area (Å²) in [6.45, 7) is 3.20. The molecule has 8 heteroatoms. The van der Waals surface area contributed by atoms with Crippen LogP contribution in [-0.2, 0) is 11.3 Å². The predicted molar refractivity (Wildman–Crippen MR) is 138 cm³/mol. The lowest BCUT2D eigenvalue weighted by Crippen LogP contribution is -2.48. The van der Waals surface area contributed by atoms with Gasteiger partial charge in [-0.2, -0.15) is 0 Å². The zero-order valence-electron chi connectivity index (χ0n) is 19.7. The van der Waals surface area contributed by atoms with Gasteiger partial charge in [-0.15, -0.1) is 11.3 Å². The second-order valence-electron chi connectivity index (χ2n) is 8.72. The summed E-state index contributed by atoms with van der Waals surface area (Å²) < 4.78 is 8.21. The molecule has 3 heterocycles. The van der Waals surface area contributed by atoms with Crippen LogP contribution in [0.25, 0.3) is 32.6 Å². The molecule has 1 saturated heterocycles. The highest BCUT2D eigenvalue weighted by atomic mass is 32.1. The summed E-state index contributed by atoms with van der Waals surface area (Å²) >= 11 is 1.25. The number of rotatable bonds is 6. The first kappa shape index (κ1) is 23.1. The third-order valence-corrected chi connectivity index (χ3v) is 7.65. The van der Waals surface area contributed by atoms with Crippen LogP contribution in [0.15, 0.2) is 60.7 Å². The van der Waals surface area contributed by atoms with Crippen LogP contribution in [-0.4, -0.2) is 71.7 Å². The number of benzene rings is 2. The first-order valence-corrected chi connectivity index (χ1v) is 12.3. The summed E-state index contributed by atoms with van der Waals surface area (Å²) in [6.07, 6.45) is 0. The highest BCUT2D eigenvalue weighted by Crippen LogP contribution is 2.45. The fourth-order valence-electron chi connectivity index (χ4n) is 4.61. The average Bonchev–Trinajstić information content (AvgIpc) is 3.43. The Kier molecular flexibility index (Phi) is 6.32. The Bertz CT molecular complexity index is 1370. The summed E-state index contributed by atoms with van der Waals surface area (Å²) in [6, 6.07) is 19.4. The number of aromatic carboxylic acids is 1. The highest BCUT2D eigenvalue weighted by Gasteiger charge is 2.27. The number of fused-ring (bicyclic) bond motifs is 1. The molecule has 1 aliphatic heterocycles. The fraction of sp³-hybridized carbons (Fsp3) is 0.259. The van der Waals surface area contributed by atoms with Crippen molar-refractivity contribution in [1.82, 2.24) is 14.4 Å². The van der Waals surface area contributed by atoms with E-state index in [0.717, 1.165) is 51.4 Å². The molecule has 1 amide bonds. The van der Waals surface area contributed by atoms with Gasteiger partial charge >= 0.3 is 5.97 Å². The van der Waals surface area contributed by atoms with E-state index >= 15 is 0 Å². The molecule has 0 unspecified atom stereocenters. The summed E-state index contributed by atoms with van der Waals surface area (Å²) in [5, 5.41) is 9.72. The summed E-state index contributed by atoms with van der Waals surface area (Å²) in [7, 11) is 3.69. The molecular weight excluding hydrogens is 462 g/mol. The zero-order chi connectivity index (χ0) is 24.5. The topological polar surface area (TPSA) is 75.0 Å². The van der Waals surface area contributed by atoms with Crippen LogP contribution in [0.3, 0.4) is 0 Å². The van der Waals surface area contributed by atoms with Gasteiger partial charge in [-0.25, -0.2) is 4.79 Å². The number of hydrogen-bond acceptors (Lipinski definition) is 5. The largest absolute Gasteiger partial charge is 0.497 e. The zero-order valence-corrected chi connectivity index (χ0v) is 20.5. The van der Waals surface area contributed by atoms with E-state index in [4.69, 9.17) is 4.74 Å². The Morgan fingerprint density at radius 3 is 2.29 bits per heavy atom. The van der Waals surface area contributed by atoms with Crippen LogP contribution in [0.1, 0.15) is 9.67 Å². The van der Waals surface area contributed by atoms with Crippen molar-refractivity contribution in [2.75, 3.05) is 40.3 Å². The monoisotopic (exact) mass is 489 g/mol. The van der Waals surface area contributed by atoms with Gasteiger partial charge in [-0.3, -0.25) is 4.79 Å². The number of ether oxygens (including phenoxy) is 1. The quantitative estimate of drug-likeness (QED) is 0.431. The molecule has 180 valence electrons. The molecule has 2 aromatic carbocycles. The number of hydrogen-bond donors (Lipinski definition) is 1. The molecule has 1 aliphatic rings. The molecule has 1 N–H and O–H groups in total. The maximum absolute atomic E-state index is 13.4. The Balaban J connectivity index is 1.71. The van der Waals surface area contributed by atoms with Crippen molar-refractivity contribution >= 4 is 33.4 Å². The molecule has 0 saturated carbocycles. The maximum atomic E-state index is 13.4. The number of aromatic nitrogens is 1. The molecule has 7 nitrogen and oxygen atoms in total. The molecule has 0 radical (unpaired) electrons. The van der Waals surface area contributed by atoms with Crippen molar-refractivity contribution in [2.24, 2.45) is 0 Å². The third kappa shape index (κ3) is 4.42. The highest BCUT2D eigenvalue weighted by molar-refractivity contribution is 7.21. The minimum atomic E-state index is -0.965. The van der Waals surface area contributed by atoms with Crippen LogP contribution in [0.5, 0.6) is 5.75 Å². The van der Waals surface area contributed by atoms with E-state index in [-0.39, 0.29) is 17.3 Å². The van der Waals surface area contributed by atoms with E-state index in [1.54, 1.807) is 13.2 Å². The van der Waals surface area contributed by atoms with Gasteiger partial charge < -0.3 is 24.2 Å². The number of carbonyl (C=O) groups excluding carboxylic acids is 1. The van der Waals surface area contributed by atoms with Crippen molar-refractivity contribution in [3.05, 3.63) is 65.5 Å². The van der Waals surface area contributed by atoms with Crippen LogP contribution in [0.4, 0.5) is 0 Å². The number of amides is 1. The lowest BCUT2D eigenvalue weighted by molar-refractivity contribution is -0.133. The van der Waals surface area contributed by atoms with Gasteiger partial charge in [-0.05, 0) is 48.5 Å². The second-order valence-corrected chi connectivity index (χ2v) is 9.77. The first-order valence-electron chi connectivity index (χ1n) is 11.5. The molecule has 4 aromatic rings. The Hall–Kier alpha value is -3.62. The van der Waals surface area contributed by atoms with Crippen molar-refractivity contribution in [2.45, 2.75) is 6.54 Å². The van der Waals surface area contributed by atoms with E-state index in [9.17, 15) is 14.7 Å². The van der Waals surface area contributed by atoms with E-state index in [0.29, 0.717) is 13.1 Å². The van der Waals surface area contributed by atoms with Gasteiger partial charge in [0.2, 0.25) is 5.91 Å². The SMILES string of the molecule is COc1ccc(-c2c(-c3ccccc3)c3sc(C(=O)O)cc3n2CC(=O)N2CCN(C)CC2)cc1. The van der Waals surface area contributed by atoms with E-state index in [1.165, 1.54) is 11.3 Å². The third-order valence-electron chi connectivity index (χ3n) is 6.52. The van der Waals surface area contributed by atoms with Crippen LogP contribution in [0.2, 0.25) is 0 Å². The molecule has 5 rings (SSSR count). The van der Waals surface area contributed by atoms with E-state index in [2.05, 4.69) is 11.9 Å². The van der Waals surface area contributed by atoms with Gasteiger partial charge in [0.05, 0.1) is 23.0 Å². The lowest BCUT2D eigenvalue weighted by atomic mass is 10.0. The predicted octanol–water partition coefficient (Wildman–Crippen LogP) is 4.52. The molecule has 1 fully saturated rings.